The van der Waals surface area contributed by atoms with E-state index in [4.69, 9.17) is 24.1 Å². The number of carbonyl (C=O) groups excluding carboxylic acids is 3. The molecule has 0 bridgehead atoms. The number of hydrogen-bond acceptors (Lipinski definition) is 11. The van der Waals surface area contributed by atoms with Gasteiger partial charge < -0.3 is 24.1 Å². The van der Waals surface area contributed by atoms with Crippen molar-refractivity contribution in [2.45, 2.75) is 33.1 Å². The van der Waals surface area contributed by atoms with Gasteiger partial charge in [0, 0.05) is 41.0 Å². The molecule has 10 nitrogen and oxygen atoms in total. The van der Waals surface area contributed by atoms with Crippen molar-refractivity contribution in [2.75, 3.05) is 27.4 Å². The Morgan fingerprint density at radius 2 is 1.55 bits per heavy atom. The molecule has 1 aromatic carbocycles. The van der Waals surface area contributed by atoms with E-state index >= 15 is 4.39 Å². The standard InChI is InChI=1S/C29H28FNO9S2/c1-14(15(2)32)9-19(34)24-10-16-22(41-24)12-20(37-3)28(27(16)30)39-7-8-40-29-21(38-4)13-23-17(31-29)11-25(42-23)18(33)5-6-26(35)36/h10-14H,5-9H2,1-4H3,(H,35,36)/t14-/m0/s1. The van der Waals surface area contributed by atoms with Gasteiger partial charge in [-0.25, -0.2) is 9.37 Å². The van der Waals surface area contributed by atoms with Crippen molar-refractivity contribution in [1.82, 2.24) is 4.98 Å². The largest absolute Gasteiger partial charge is 0.493 e. The fraction of sp³-hybridized carbons (Fsp3) is 0.345. The number of carbonyl (C=O) groups is 4. The van der Waals surface area contributed by atoms with Crippen molar-refractivity contribution in [3.05, 3.63) is 39.8 Å². The highest BCUT2D eigenvalue weighted by Crippen LogP contribution is 2.40. The maximum atomic E-state index is 15.5. The number of hydrogen-bond donors (Lipinski definition) is 1. The third kappa shape index (κ3) is 6.85. The van der Waals surface area contributed by atoms with E-state index in [9.17, 15) is 19.2 Å². The summed E-state index contributed by atoms with van der Waals surface area (Å²) in [5, 5.41) is 9.03. The van der Waals surface area contributed by atoms with E-state index in [1.165, 1.54) is 38.5 Å². The van der Waals surface area contributed by atoms with E-state index in [0.29, 0.717) is 30.4 Å². The third-order valence-electron chi connectivity index (χ3n) is 6.43. The van der Waals surface area contributed by atoms with Gasteiger partial charge in [0.1, 0.15) is 19.0 Å². The average Bonchev–Trinajstić information content (AvgIpc) is 3.58. The number of thiophene rings is 2. The van der Waals surface area contributed by atoms with E-state index in [0.717, 1.165) is 11.3 Å². The molecule has 42 heavy (non-hydrogen) atoms. The monoisotopic (exact) mass is 617 g/mol. The molecule has 1 atom stereocenters. The summed E-state index contributed by atoms with van der Waals surface area (Å²) in [5.41, 5.74) is 0.481. The summed E-state index contributed by atoms with van der Waals surface area (Å²) in [6, 6.07) is 6.29. The molecular formula is C29H28FNO9S2. The molecule has 0 saturated carbocycles. The molecule has 0 aliphatic rings. The minimum atomic E-state index is -1.05. The lowest BCUT2D eigenvalue weighted by atomic mass is 10.00. The number of Topliss-reactive ketones (excluding diaryl/α,β-unsaturated/α-hetero) is 3. The first-order valence-corrected chi connectivity index (χ1v) is 14.5. The summed E-state index contributed by atoms with van der Waals surface area (Å²) in [5.74, 6) is -2.33. The molecule has 0 unspecified atom stereocenters. The Hall–Kier alpha value is -4.10. The zero-order valence-corrected chi connectivity index (χ0v) is 24.9. The number of benzene rings is 1. The number of aliphatic carboxylic acids is 1. The first kappa shape index (κ1) is 30.8. The van der Waals surface area contributed by atoms with E-state index in [1.807, 2.05) is 0 Å². The Morgan fingerprint density at radius 1 is 0.905 bits per heavy atom. The first-order chi connectivity index (χ1) is 20.0. The summed E-state index contributed by atoms with van der Waals surface area (Å²) >= 11 is 2.30. The second-order valence-electron chi connectivity index (χ2n) is 9.39. The third-order valence-corrected chi connectivity index (χ3v) is 8.66. The predicted octanol–water partition coefficient (Wildman–Crippen LogP) is 5.97. The van der Waals surface area contributed by atoms with Crippen molar-refractivity contribution in [3.8, 4) is 23.1 Å². The maximum absolute atomic E-state index is 15.5. The molecule has 0 aliphatic heterocycles. The Labute approximate surface area is 248 Å². The molecule has 4 aromatic rings. The number of nitrogens with zero attached hydrogens (tertiary/aromatic N) is 1. The van der Waals surface area contributed by atoms with Gasteiger partial charge in [0.05, 0.1) is 40.6 Å². The molecule has 222 valence electrons. The van der Waals surface area contributed by atoms with Crippen LogP contribution in [0, 0.1) is 11.7 Å². The number of pyridine rings is 1. The number of methoxy groups -OCH3 is 2. The molecule has 13 heteroatoms. The van der Waals surface area contributed by atoms with E-state index < -0.39 is 17.7 Å². The van der Waals surface area contributed by atoms with Gasteiger partial charge in [0.25, 0.3) is 5.88 Å². The van der Waals surface area contributed by atoms with Crippen LogP contribution in [-0.4, -0.2) is 60.8 Å². The van der Waals surface area contributed by atoms with Crippen LogP contribution in [0.25, 0.3) is 20.3 Å². The lowest BCUT2D eigenvalue weighted by molar-refractivity contribution is -0.137. The van der Waals surface area contributed by atoms with Crippen molar-refractivity contribution in [3.63, 3.8) is 0 Å². The molecule has 0 aliphatic carbocycles. The second-order valence-corrected chi connectivity index (χ2v) is 11.6. The number of carboxylic acid groups (broad SMARTS) is 1. The molecule has 0 saturated heterocycles. The SMILES string of the molecule is COc1cc2sc(C(=O)CCC(=O)O)cc2nc1OCCOc1c(OC)cc2sc(C(=O)C[C@H](C)C(C)=O)cc2c1F. The molecule has 0 fully saturated rings. The first-order valence-electron chi connectivity index (χ1n) is 12.8. The van der Waals surface area contributed by atoms with Crippen LogP contribution >= 0.6 is 22.7 Å². The fourth-order valence-electron chi connectivity index (χ4n) is 3.99. The van der Waals surface area contributed by atoms with Crippen molar-refractivity contribution in [2.24, 2.45) is 5.92 Å². The number of aromatic nitrogens is 1. The summed E-state index contributed by atoms with van der Waals surface area (Å²) in [6.45, 7) is 2.98. The normalized spacial score (nSPS) is 11.8. The summed E-state index contributed by atoms with van der Waals surface area (Å²) in [4.78, 5) is 52.5. The topological polar surface area (TPSA) is 138 Å². The number of carboxylic acids is 1. The molecule has 0 amide bonds. The van der Waals surface area contributed by atoms with Crippen LogP contribution in [0.1, 0.15) is 52.5 Å². The Kier molecular flexibility index (Phi) is 9.74. The Balaban J connectivity index is 1.47. The van der Waals surface area contributed by atoms with E-state index in [-0.39, 0.29) is 72.6 Å². The van der Waals surface area contributed by atoms with Gasteiger partial charge in [-0.15, -0.1) is 22.7 Å². The Morgan fingerprint density at radius 3 is 2.21 bits per heavy atom. The number of ether oxygens (including phenoxy) is 4. The number of rotatable bonds is 15. The maximum Gasteiger partial charge on any atom is 0.303 e. The van der Waals surface area contributed by atoms with E-state index in [2.05, 4.69) is 4.98 Å². The summed E-state index contributed by atoms with van der Waals surface area (Å²) in [6.07, 6.45) is -0.338. The fourth-order valence-corrected chi connectivity index (χ4v) is 6.02. The van der Waals surface area contributed by atoms with Gasteiger partial charge in [-0.2, -0.15) is 0 Å². The van der Waals surface area contributed by atoms with Gasteiger partial charge in [-0.1, -0.05) is 6.92 Å². The van der Waals surface area contributed by atoms with Crippen LogP contribution in [0.15, 0.2) is 24.3 Å². The van der Waals surface area contributed by atoms with Crippen LogP contribution in [0.5, 0.6) is 23.1 Å². The summed E-state index contributed by atoms with van der Waals surface area (Å²) < 4.78 is 38.8. The van der Waals surface area contributed by atoms with Crippen LogP contribution in [-0.2, 0) is 9.59 Å². The van der Waals surface area contributed by atoms with Crippen LogP contribution in [0.2, 0.25) is 0 Å². The van der Waals surface area contributed by atoms with Crippen molar-refractivity contribution >= 4 is 66.3 Å². The molecule has 4 rings (SSSR count). The predicted molar refractivity (Wildman–Crippen MR) is 155 cm³/mol. The van der Waals surface area contributed by atoms with Gasteiger partial charge >= 0.3 is 5.97 Å². The molecule has 0 spiro atoms. The highest BCUT2D eigenvalue weighted by atomic mass is 32.1. The number of halogens is 1. The van der Waals surface area contributed by atoms with Crippen LogP contribution in [0.3, 0.4) is 0 Å². The van der Waals surface area contributed by atoms with Crippen molar-refractivity contribution < 1.29 is 47.6 Å². The highest BCUT2D eigenvalue weighted by Gasteiger charge is 2.22. The lowest BCUT2D eigenvalue weighted by Gasteiger charge is -2.13. The second kappa shape index (κ2) is 13.3. The van der Waals surface area contributed by atoms with Gasteiger partial charge in [0.15, 0.2) is 34.6 Å². The zero-order chi connectivity index (χ0) is 30.6. The molecule has 3 heterocycles. The Bertz CT molecular complexity index is 1680. The minimum absolute atomic E-state index is 0.0403. The van der Waals surface area contributed by atoms with Gasteiger partial charge in [-0.3, -0.25) is 19.2 Å². The molecule has 3 aromatic heterocycles. The molecule has 0 radical (unpaired) electrons. The van der Waals surface area contributed by atoms with Crippen LogP contribution in [0.4, 0.5) is 4.39 Å². The number of ketones is 3. The zero-order valence-electron chi connectivity index (χ0n) is 23.3. The average molecular weight is 618 g/mol. The van der Waals surface area contributed by atoms with E-state index in [1.54, 1.807) is 25.1 Å². The van der Waals surface area contributed by atoms with Gasteiger partial charge in [-0.05, 0) is 19.1 Å². The molecular weight excluding hydrogens is 589 g/mol. The van der Waals surface area contributed by atoms with Crippen molar-refractivity contribution in [1.29, 1.82) is 0 Å². The number of fused-ring (bicyclic) bond motifs is 2. The van der Waals surface area contributed by atoms with Crippen LogP contribution < -0.4 is 18.9 Å². The highest BCUT2D eigenvalue weighted by molar-refractivity contribution is 7.21. The smallest absolute Gasteiger partial charge is 0.303 e. The lowest BCUT2D eigenvalue weighted by Crippen LogP contribution is -2.12. The molecule has 1 N–H and O–H groups in total. The minimum Gasteiger partial charge on any atom is -0.493 e. The summed E-state index contributed by atoms with van der Waals surface area (Å²) in [7, 11) is 2.82. The quantitative estimate of drug-likeness (QED) is 0.125. The van der Waals surface area contributed by atoms with Gasteiger partial charge in [0.2, 0.25) is 0 Å².